The minimum absolute atomic E-state index is 0. The van der Waals surface area contributed by atoms with Crippen LogP contribution in [0.15, 0.2) is 0 Å². The van der Waals surface area contributed by atoms with Gasteiger partial charge in [-0.1, -0.05) is 20.8 Å². The predicted octanol–water partition coefficient (Wildman–Crippen LogP) is 2.38. The van der Waals surface area contributed by atoms with Gasteiger partial charge in [-0.15, -0.1) is 12.4 Å². The summed E-state index contributed by atoms with van der Waals surface area (Å²) in [6.45, 7) is 13.1. The molecule has 0 saturated carbocycles. The molecule has 2 fully saturated rings. The number of rotatable bonds is 5. The van der Waals surface area contributed by atoms with E-state index in [-0.39, 0.29) is 18.4 Å². The van der Waals surface area contributed by atoms with Crippen LogP contribution in [0.25, 0.3) is 0 Å². The van der Waals surface area contributed by atoms with Crippen molar-refractivity contribution in [2.75, 3.05) is 39.3 Å². The van der Waals surface area contributed by atoms with Crippen molar-refractivity contribution in [3.8, 4) is 0 Å². The lowest BCUT2D eigenvalue weighted by atomic mass is 9.91. The fraction of sp³-hybridized carbons (Fsp3) is 0.941. The van der Waals surface area contributed by atoms with Crippen LogP contribution in [0.1, 0.15) is 46.5 Å². The van der Waals surface area contributed by atoms with Gasteiger partial charge in [-0.25, -0.2) is 0 Å². The second-order valence-corrected chi connectivity index (χ2v) is 6.89. The minimum atomic E-state index is 0. The molecule has 0 aromatic heterocycles. The lowest BCUT2D eigenvalue weighted by Gasteiger charge is -2.37. The Morgan fingerprint density at radius 1 is 1.18 bits per heavy atom. The Hall–Kier alpha value is -0.320. The molecule has 0 bridgehead atoms. The molecule has 2 aliphatic rings. The molecular formula is C17H34ClN3O. The van der Waals surface area contributed by atoms with Crippen molar-refractivity contribution < 1.29 is 4.79 Å². The van der Waals surface area contributed by atoms with E-state index >= 15 is 0 Å². The fourth-order valence-corrected chi connectivity index (χ4v) is 3.70. The quantitative estimate of drug-likeness (QED) is 0.840. The fourth-order valence-electron chi connectivity index (χ4n) is 3.70. The first-order valence-corrected chi connectivity index (χ1v) is 8.88. The molecule has 2 saturated heterocycles. The summed E-state index contributed by atoms with van der Waals surface area (Å²) in [5.74, 6) is 1.80. The number of halogens is 1. The first-order chi connectivity index (χ1) is 10.1. The van der Waals surface area contributed by atoms with Crippen LogP contribution in [-0.2, 0) is 4.79 Å². The summed E-state index contributed by atoms with van der Waals surface area (Å²) in [6.07, 6.45) is 4.56. The van der Waals surface area contributed by atoms with Crippen molar-refractivity contribution in [2.24, 2.45) is 11.8 Å². The second-order valence-electron chi connectivity index (χ2n) is 6.89. The van der Waals surface area contributed by atoms with Crippen LogP contribution in [0, 0.1) is 11.8 Å². The number of amides is 1. The predicted molar refractivity (Wildman–Crippen MR) is 94.5 cm³/mol. The summed E-state index contributed by atoms with van der Waals surface area (Å²) < 4.78 is 0. The summed E-state index contributed by atoms with van der Waals surface area (Å²) in [7, 11) is 0. The maximum atomic E-state index is 12.6. The number of likely N-dealkylation sites (tertiary alicyclic amines) is 1. The largest absolute Gasteiger partial charge is 0.341 e. The number of nitrogens with zero attached hydrogens (tertiary/aromatic N) is 2. The van der Waals surface area contributed by atoms with Gasteiger partial charge in [-0.3, -0.25) is 4.79 Å². The van der Waals surface area contributed by atoms with Crippen LogP contribution in [0.5, 0.6) is 0 Å². The third kappa shape index (κ3) is 5.39. The van der Waals surface area contributed by atoms with Crippen LogP contribution < -0.4 is 5.32 Å². The van der Waals surface area contributed by atoms with Crippen molar-refractivity contribution >= 4 is 18.3 Å². The van der Waals surface area contributed by atoms with E-state index in [1.807, 2.05) is 0 Å². The number of carbonyl (C=O) groups excluding carboxylic acids is 1. The van der Waals surface area contributed by atoms with Crippen molar-refractivity contribution in [3.05, 3.63) is 0 Å². The van der Waals surface area contributed by atoms with E-state index in [0.29, 0.717) is 11.8 Å². The molecule has 1 amide bonds. The Balaban J connectivity index is 0.00000242. The Bertz CT molecular complexity index is 328. The molecule has 2 unspecified atom stereocenters. The highest BCUT2D eigenvalue weighted by atomic mass is 35.5. The van der Waals surface area contributed by atoms with Gasteiger partial charge < -0.3 is 15.1 Å². The second kappa shape index (κ2) is 9.74. The zero-order valence-electron chi connectivity index (χ0n) is 14.5. The lowest BCUT2D eigenvalue weighted by molar-refractivity contribution is -0.135. The van der Waals surface area contributed by atoms with Gasteiger partial charge in [-0.2, -0.15) is 0 Å². The Labute approximate surface area is 142 Å². The first kappa shape index (κ1) is 19.7. The molecule has 0 aromatic carbocycles. The van der Waals surface area contributed by atoms with Gasteiger partial charge in [0.1, 0.15) is 0 Å². The first-order valence-electron chi connectivity index (χ1n) is 8.88. The van der Waals surface area contributed by atoms with Gasteiger partial charge in [0.2, 0.25) is 5.91 Å². The molecule has 2 aliphatic heterocycles. The molecular weight excluding hydrogens is 298 g/mol. The maximum Gasteiger partial charge on any atom is 0.239 e. The van der Waals surface area contributed by atoms with Gasteiger partial charge in [0.25, 0.3) is 0 Å². The smallest absolute Gasteiger partial charge is 0.239 e. The number of hydrogen-bond donors (Lipinski definition) is 1. The van der Waals surface area contributed by atoms with Crippen LogP contribution in [0.2, 0.25) is 0 Å². The molecule has 2 atom stereocenters. The highest BCUT2D eigenvalue weighted by Gasteiger charge is 2.30. The maximum absolute atomic E-state index is 12.6. The average Bonchev–Trinajstić information content (AvgIpc) is 2.52. The molecule has 4 nitrogen and oxygen atoms in total. The summed E-state index contributed by atoms with van der Waals surface area (Å²) >= 11 is 0. The molecule has 0 aliphatic carbocycles. The van der Waals surface area contributed by atoms with Crippen molar-refractivity contribution in [1.82, 2.24) is 15.1 Å². The highest BCUT2D eigenvalue weighted by molar-refractivity contribution is 5.85. The standard InChI is InChI=1S/C17H33N3O.ClH/c1-4-19(5-2)13-15-7-10-20(11-8-15)17(21)16-12-14(3)6-9-18-16;/h14-16,18H,4-13H2,1-3H3;1H. The lowest BCUT2D eigenvalue weighted by Crippen LogP contribution is -2.52. The van der Waals surface area contributed by atoms with E-state index in [1.165, 1.54) is 25.8 Å². The van der Waals surface area contributed by atoms with Crippen molar-refractivity contribution in [2.45, 2.75) is 52.5 Å². The highest BCUT2D eigenvalue weighted by Crippen LogP contribution is 2.22. The molecule has 22 heavy (non-hydrogen) atoms. The number of carbonyl (C=O) groups is 1. The molecule has 130 valence electrons. The van der Waals surface area contributed by atoms with Crippen molar-refractivity contribution in [3.63, 3.8) is 0 Å². The van der Waals surface area contributed by atoms with Crippen LogP contribution in [0.3, 0.4) is 0 Å². The SMILES string of the molecule is CCN(CC)CC1CCN(C(=O)C2CC(C)CCN2)CC1.Cl. The van der Waals surface area contributed by atoms with Crippen LogP contribution >= 0.6 is 12.4 Å². The molecule has 1 N–H and O–H groups in total. The van der Waals surface area contributed by atoms with E-state index in [4.69, 9.17) is 0 Å². The Morgan fingerprint density at radius 3 is 2.36 bits per heavy atom. The summed E-state index contributed by atoms with van der Waals surface area (Å²) in [4.78, 5) is 17.2. The van der Waals surface area contributed by atoms with Gasteiger partial charge in [0.05, 0.1) is 6.04 Å². The van der Waals surface area contributed by atoms with Crippen molar-refractivity contribution in [1.29, 1.82) is 0 Å². The number of hydrogen-bond acceptors (Lipinski definition) is 3. The van der Waals surface area contributed by atoms with Crippen LogP contribution in [0.4, 0.5) is 0 Å². The summed E-state index contributed by atoms with van der Waals surface area (Å²) in [5, 5.41) is 3.41. The zero-order chi connectivity index (χ0) is 15.2. The average molecular weight is 332 g/mol. The van der Waals surface area contributed by atoms with E-state index in [9.17, 15) is 4.79 Å². The molecule has 0 radical (unpaired) electrons. The third-order valence-electron chi connectivity index (χ3n) is 5.30. The Kier molecular flexibility index (Phi) is 8.73. The van der Waals surface area contributed by atoms with E-state index in [2.05, 4.69) is 35.9 Å². The van der Waals surface area contributed by atoms with Gasteiger partial charge in [-0.05, 0) is 57.2 Å². The van der Waals surface area contributed by atoms with Gasteiger partial charge in [0, 0.05) is 19.6 Å². The summed E-state index contributed by atoms with van der Waals surface area (Å²) in [6, 6.07) is 0.0769. The van der Waals surface area contributed by atoms with E-state index < -0.39 is 0 Å². The minimum Gasteiger partial charge on any atom is -0.341 e. The third-order valence-corrected chi connectivity index (χ3v) is 5.30. The Morgan fingerprint density at radius 2 is 1.82 bits per heavy atom. The molecule has 0 aromatic rings. The molecule has 2 heterocycles. The monoisotopic (exact) mass is 331 g/mol. The van der Waals surface area contributed by atoms with Gasteiger partial charge in [0.15, 0.2) is 0 Å². The van der Waals surface area contributed by atoms with Gasteiger partial charge >= 0.3 is 0 Å². The van der Waals surface area contributed by atoms with E-state index in [0.717, 1.165) is 45.1 Å². The topological polar surface area (TPSA) is 35.6 Å². The van der Waals surface area contributed by atoms with Crippen LogP contribution in [-0.4, -0.2) is 61.0 Å². The van der Waals surface area contributed by atoms with E-state index in [1.54, 1.807) is 0 Å². The number of piperidine rings is 2. The molecule has 5 heteroatoms. The molecule has 0 spiro atoms. The normalized spacial score (nSPS) is 26.8. The molecule has 2 rings (SSSR count). The number of nitrogens with one attached hydrogen (secondary N) is 1. The summed E-state index contributed by atoms with van der Waals surface area (Å²) in [5.41, 5.74) is 0. The zero-order valence-corrected chi connectivity index (χ0v) is 15.3.